The zero-order valence-electron chi connectivity index (χ0n) is 15.6. The van der Waals surface area contributed by atoms with Crippen molar-refractivity contribution in [3.05, 3.63) is 12.2 Å². The molecule has 0 aromatic heterocycles. The van der Waals surface area contributed by atoms with E-state index in [0.717, 1.165) is 0 Å². The highest BCUT2D eigenvalue weighted by molar-refractivity contribution is 5.89. The van der Waals surface area contributed by atoms with Gasteiger partial charge in [0.05, 0.1) is 18.8 Å². The number of likely N-dealkylation sites (N-methyl/N-ethyl adjacent to an activating group) is 1. The largest absolute Gasteiger partial charge is 0.392 e. The van der Waals surface area contributed by atoms with Crippen molar-refractivity contribution < 1.29 is 15.0 Å². The lowest BCUT2D eigenvalue weighted by molar-refractivity contribution is -0.140. The molecule has 0 spiro atoms. The van der Waals surface area contributed by atoms with Gasteiger partial charge in [0.15, 0.2) is 5.78 Å². The van der Waals surface area contributed by atoms with E-state index in [9.17, 15) is 9.90 Å². The van der Waals surface area contributed by atoms with Crippen LogP contribution in [-0.2, 0) is 4.79 Å². The summed E-state index contributed by atoms with van der Waals surface area (Å²) in [7, 11) is 1.90. The Kier molecular flexibility index (Phi) is 7.96. The van der Waals surface area contributed by atoms with Gasteiger partial charge in [0.25, 0.3) is 0 Å². The van der Waals surface area contributed by atoms with Gasteiger partial charge in [-0.2, -0.15) is 0 Å². The molecule has 0 rings (SSSR count). The molecular formula is C18H35NO3. The lowest BCUT2D eigenvalue weighted by atomic mass is 9.79. The van der Waals surface area contributed by atoms with Crippen LogP contribution < -0.4 is 0 Å². The number of hydrogen-bond donors (Lipinski definition) is 2. The summed E-state index contributed by atoms with van der Waals surface area (Å²) < 4.78 is 0. The van der Waals surface area contributed by atoms with Crippen LogP contribution in [0.1, 0.15) is 54.9 Å². The van der Waals surface area contributed by atoms with Crippen LogP contribution in [0.5, 0.6) is 0 Å². The number of rotatable bonds is 7. The van der Waals surface area contributed by atoms with Crippen molar-refractivity contribution in [2.24, 2.45) is 11.3 Å². The highest BCUT2D eigenvalue weighted by Crippen LogP contribution is 2.28. The molecule has 0 aliphatic rings. The van der Waals surface area contributed by atoms with E-state index in [4.69, 9.17) is 5.11 Å². The minimum absolute atomic E-state index is 0.00490. The number of hydrogen-bond acceptors (Lipinski definition) is 4. The summed E-state index contributed by atoms with van der Waals surface area (Å²) in [6.45, 7) is 13.7. The van der Waals surface area contributed by atoms with Crippen LogP contribution in [0.25, 0.3) is 0 Å². The monoisotopic (exact) mass is 313 g/mol. The minimum Gasteiger partial charge on any atom is -0.392 e. The van der Waals surface area contributed by atoms with Crippen molar-refractivity contribution in [1.29, 1.82) is 0 Å². The molecule has 22 heavy (non-hydrogen) atoms. The van der Waals surface area contributed by atoms with Gasteiger partial charge in [0, 0.05) is 11.0 Å². The number of aliphatic hydroxyl groups is 2. The average molecular weight is 313 g/mol. The normalized spacial score (nSPS) is 17.8. The molecule has 0 amide bonds. The molecule has 0 aliphatic heterocycles. The SMILES string of the molecule is C[C@H](C/C=C/CO)[C@@H](O)[C@@H](C(=O)C(C)(C)C)N(C)C(C)(C)C. The maximum atomic E-state index is 12.9. The summed E-state index contributed by atoms with van der Waals surface area (Å²) in [6, 6.07) is -0.544. The molecule has 130 valence electrons. The molecule has 4 nitrogen and oxygen atoms in total. The van der Waals surface area contributed by atoms with Gasteiger partial charge in [0.1, 0.15) is 0 Å². The predicted octanol–water partition coefficient (Wildman–Crippen LogP) is 2.64. The Morgan fingerprint density at radius 1 is 1.14 bits per heavy atom. The highest BCUT2D eigenvalue weighted by Gasteiger charge is 2.41. The molecule has 0 heterocycles. The van der Waals surface area contributed by atoms with Crippen molar-refractivity contribution in [2.75, 3.05) is 13.7 Å². The standard InChI is InChI=1S/C18H35NO3/c1-13(11-9-10-12-20)15(21)14(16(22)17(2,3)4)19(8)18(5,6)7/h9-10,13-15,20-21H,11-12H2,1-8H3/b10-9+/t13-,14+,15-/m1/s1. The van der Waals surface area contributed by atoms with E-state index in [1.807, 2.05) is 66.5 Å². The third kappa shape index (κ3) is 6.19. The number of aliphatic hydroxyl groups excluding tert-OH is 2. The topological polar surface area (TPSA) is 60.8 Å². The molecule has 0 unspecified atom stereocenters. The van der Waals surface area contributed by atoms with Gasteiger partial charge in [-0.15, -0.1) is 0 Å². The highest BCUT2D eigenvalue weighted by atomic mass is 16.3. The number of nitrogens with zero attached hydrogens (tertiary/aromatic N) is 1. The first-order chi connectivity index (χ1) is 9.84. The number of carbonyl (C=O) groups excluding carboxylic acids is 1. The molecule has 0 fully saturated rings. The van der Waals surface area contributed by atoms with Crippen molar-refractivity contribution in [3.8, 4) is 0 Å². The Bertz CT molecular complexity index is 377. The summed E-state index contributed by atoms with van der Waals surface area (Å²) in [4.78, 5) is 14.8. The first-order valence-electron chi connectivity index (χ1n) is 8.05. The molecule has 0 saturated carbocycles. The Hall–Kier alpha value is -0.710. The second-order valence-corrected chi connectivity index (χ2v) is 8.20. The van der Waals surface area contributed by atoms with Gasteiger partial charge in [-0.05, 0) is 40.2 Å². The van der Waals surface area contributed by atoms with Crippen LogP contribution in [0.4, 0.5) is 0 Å². The maximum absolute atomic E-state index is 12.9. The molecule has 0 saturated heterocycles. The zero-order chi connectivity index (χ0) is 17.7. The Morgan fingerprint density at radius 2 is 1.64 bits per heavy atom. The minimum atomic E-state index is -0.751. The van der Waals surface area contributed by atoms with Crippen LogP contribution in [0.3, 0.4) is 0 Å². The fourth-order valence-electron chi connectivity index (χ4n) is 2.26. The van der Waals surface area contributed by atoms with Gasteiger partial charge in [0.2, 0.25) is 0 Å². The van der Waals surface area contributed by atoms with Crippen molar-refractivity contribution in [2.45, 2.75) is 72.6 Å². The van der Waals surface area contributed by atoms with E-state index < -0.39 is 17.6 Å². The van der Waals surface area contributed by atoms with Crippen molar-refractivity contribution in [3.63, 3.8) is 0 Å². The Morgan fingerprint density at radius 3 is 2.00 bits per heavy atom. The van der Waals surface area contributed by atoms with E-state index in [1.165, 1.54) is 0 Å². The van der Waals surface area contributed by atoms with E-state index in [0.29, 0.717) is 6.42 Å². The maximum Gasteiger partial charge on any atom is 0.157 e. The summed E-state index contributed by atoms with van der Waals surface area (Å²) >= 11 is 0. The van der Waals surface area contributed by atoms with Crippen LogP contribution in [0.2, 0.25) is 0 Å². The third-order valence-corrected chi connectivity index (χ3v) is 4.17. The molecule has 0 aromatic carbocycles. The van der Waals surface area contributed by atoms with Crippen molar-refractivity contribution in [1.82, 2.24) is 4.90 Å². The van der Waals surface area contributed by atoms with Gasteiger partial charge in [-0.1, -0.05) is 39.8 Å². The molecule has 2 N–H and O–H groups in total. The number of allylic oxidation sites excluding steroid dienone is 1. The average Bonchev–Trinajstić information content (AvgIpc) is 2.36. The second kappa shape index (κ2) is 8.23. The zero-order valence-corrected chi connectivity index (χ0v) is 15.6. The van der Waals surface area contributed by atoms with Gasteiger partial charge >= 0.3 is 0 Å². The van der Waals surface area contributed by atoms with Gasteiger partial charge in [-0.3, -0.25) is 9.69 Å². The van der Waals surface area contributed by atoms with Crippen LogP contribution in [-0.4, -0.2) is 52.2 Å². The summed E-state index contributed by atoms with van der Waals surface area (Å²) in [6.07, 6.45) is 3.40. The molecule has 0 radical (unpaired) electrons. The first kappa shape index (κ1) is 21.3. The van der Waals surface area contributed by atoms with Crippen LogP contribution in [0.15, 0.2) is 12.2 Å². The first-order valence-corrected chi connectivity index (χ1v) is 8.05. The summed E-state index contributed by atoms with van der Waals surface area (Å²) in [5.74, 6) is -0.0145. The number of Topliss-reactive ketones (excluding diaryl/α,β-unsaturated/α-hetero) is 1. The molecular weight excluding hydrogens is 278 g/mol. The number of ketones is 1. The van der Waals surface area contributed by atoms with Crippen LogP contribution in [0, 0.1) is 11.3 Å². The molecule has 0 bridgehead atoms. The molecule has 4 heteroatoms. The second-order valence-electron chi connectivity index (χ2n) is 8.20. The quantitative estimate of drug-likeness (QED) is 0.709. The fraction of sp³-hybridized carbons (Fsp3) is 0.833. The Balaban J connectivity index is 5.40. The Labute approximate surface area is 136 Å². The van der Waals surface area contributed by atoms with Crippen LogP contribution >= 0.6 is 0 Å². The third-order valence-electron chi connectivity index (χ3n) is 4.17. The molecule has 0 aromatic rings. The van der Waals surface area contributed by atoms with Crippen molar-refractivity contribution >= 4 is 5.78 Å². The van der Waals surface area contributed by atoms with E-state index in [2.05, 4.69) is 0 Å². The summed E-state index contributed by atoms with van der Waals surface area (Å²) in [5, 5.41) is 19.6. The van der Waals surface area contributed by atoms with E-state index in [-0.39, 0.29) is 23.8 Å². The van der Waals surface area contributed by atoms with E-state index in [1.54, 1.807) is 6.08 Å². The smallest absolute Gasteiger partial charge is 0.157 e. The lowest BCUT2D eigenvalue weighted by Crippen LogP contribution is -2.58. The van der Waals surface area contributed by atoms with E-state index >= 15 is 0 Å². The summed E-state index contributed by atoms with van der Waals surface area (Å²) in [5.41, 5.74) is -0.723. The van der Waals surface area contributed by atoms with Gasteiger partial charge < -0.3 is 10.2 Å². The van der Waals surface area contributed by atoms with Gasteiger partial charge in [-0.25, -0.2) is 0 Å². The predicted molar refractivity (Wildman–Crippen MR) is 91.8 cm³/mol. The number of carbonyl (C=O) groups is 1. The molecule has 3 atom stereocenters. The lowest BCUT2D eigenvalue weighted by Gasteiger charge is -2.43. The molecule has 0 aliphatic carbocycles. The fourth-order valence-corrected chi connectivity index (χ4v) is 2.26.